The predicted octanol–water partition coefficient (Wildman–Crippen LogP) is 1.34. The van der Waals surface area contributed by atoms with E-state index in [0.717, 1.165) is 25.7 Å². The SMILES string of the molecule is C[P@@](=O)(O)OCCCCCCN. The Morgan fingerprint density at radius 1 is 1.33 bits per heavy atom. The van der Waals surface area contributed by atoms with E-state index in [1.807, 2.05) is 0 Å². The average molecular weight is 195 g/mol. The first kappa shape index (κ1) is 12.1. The monoisotopic (exact) mass is 195 g/mol. The Morgan fingerprint density at radius 2 is 1.92 bits per heavy atom. The third-order valence-electron chi connectivity index (χ3n) is 1.43. The predicted molar refractivity (Wildman–Crippen MR) is 49.2 cm³/mol. The first-order chi connectivity index (χ1) is 5.56. The highest BCUT2D eigenvalue weighted by molar-refractivity contribution is 7.51. The molecule has 1 atom stereocenters. The van der Waals surface area contributed by atoms with Crippen LogP contribution < -0.4 is 5.73 Å². The van der Waals surface area contributed by atoms with Gasteiger partial charge in [0.2, 0.25) is 0 Å². The van der Waals surface area contributed by atoms with Crippen LogP contribution in [0.5, 0.6) is 0 Å². The molecule has 0 fully saturated rings. The van der Waals surface area contributed by atoms with Crippen LogP contribution in [-0.4, -0.2) is 24.7 Å². The minimum Gasteiger partial charge on any atom is -0.330 e. The van der Waals surface area contributed by atoms with Crippen molar-refractivity contribution in [2.75, 3.05) is 19.8 Å². The van der Waals surface area contributed by atoms with E-state index in [2.05, 4.69) is 4.52 Å². The number of hydrogen-bond acceptors (Lipinski definition) is 3. The van der Waals surface area contributed by atoms with Gasteiger partial charge in [0.15, 0.2) is 0 Å². The summed E-state index contributed by atoms with van der Waals surface area (Å²) >= 11 is 0. The molecule has 0 rings (SSSR count). The summed E-state index contributed by atoms with van der Waals surface area (Å²) in [6, 6.07) is 0. The van der Waals surface area contributed by atoms with Gasteiger partial charge in [-0.2, -0.15) is 0 Å². The lowest BCUT2D eigenvalue weighted by molar-refractivity contribution is 0.257. The van der Waals surface area contributed by atoms with Crippen LogP contribution in [0.3, 0.4) is 0 Å². The fraction of sp³-hybridized carbons (Fsp3) is 1.00. The molecular weight excluding hydrogens is 177 g/mol. The summed E-state index contributed by atoms with van der Waals surface area (Å²) in [6.07, 6.45) is 3.93. The van der Waals surface area contributed by atoms with E-state index in [0.29, 0.717) is 13.2 Å². The van der Waals surface area contributed by atoms with Gasteiger partial charge in [-0.3, -0.25) is 4.57 Å². The van der Waals surface area contributed by atoms with Crippen molar-refractivity contribution in [1.82, 2.24) is 0 Å². The Labute approximate surface area is 73.6 Å². The van der Waals surface area contributed by atoms with Gasteiger partial charge >= 0.3 is 7.60 Å². The molecule has 0 bridgehead atoms. The Hall–Kier alpha value is 0.110. The minimum atomic E-state index is -3.25. The Morgan fingerprint density at radius 3 is 2.42 bits per heavy atom. The van der Waals surface area contributed by atoms with Crippen molar-refractivity contribution < 1.29 is 14.0 Å². The largest absolute Gasteiger partial charge is 0.330 e. The topological polar surface area (TPSA) is 72.5 Å². The molecule has 0 amide bonds. The van der Waals surface area contributed by atoms with Crippen molar-refractivity contribution in [1.29, 1.82) is 0 Å². The molecule has 0 aliphatic carbocycles. The molecule has 0 radical (unpaired) electrons. The summed E-state index contributed by atoms with van der Waals surface area (Å²) in [5.41, 5.74) is 5.30. The molecule has 0 unspecified atom stereocenters. The number of nitrogens with two attached hydrogens (primary N) is 1. The number of unbranched alkanes of at least 4 members (excludes halogenated alkanes) is 3. The molecule has 0 aliphatic rings. The number of hydrogen-bond donors (Lipinski definition) is 2. The molecule has 5 heteroatoms. The number of rotatable bonds is 7. The quantitative estimate of drug-likeness (QED) is 0.475. The Bertz CT molecular complexity index is 146. The van der Waals surface area contributed by atoms with Crippen LogP contribution in [0, 0.1) is 0 Å². The Balaban J connectivity index is 3.06. The summed E-state index contributed by atoms with van der Waals surface area (Å²) in [6.45, 7) is 2.29. The van der Waals surface area contributed by atoms with Gasteiger partial charge in [-0.05, 0) is 19.4 Å². The van der Waals surface area contributed by atoms with Crippen LogP contribution in [0.1, 0.15) is 25.7 Å². The smallest absolute Gasteiger partial charge is 0.325 e. The summed E-state index contributed by atoms with van der Waals surface area (Å²) in [5, 5.41) is 0. The molecule has 0 saturated heterocycles. The highest BCUT2D eigenvalue weighted by atomic mass is 31.2. The zero-order valence-electron chi connectivity index (χ0n) is 7.53. The van der Waals surface area contributed by atoms with Crippen LogP contribution in [0.15, 0.2) is 0 Å². The zero-order valence-corrected chi connectivity index (χ0v) is 8.43. The van der Waals surface area contributed by atoms with E-state index < -0.39 is 7.60 Å². The van der Waals surface area contributed by atoms with Crippen LogP contribution in [0.2, 0.25) is 0 Å². The molecule has 0 aromatic heterocycles. The van der Waals surface area contributed by atoms with Crippen molar-refractivity contribution in [3.8, 4) is 0 Å². The highest BCUT2D eigenvalue weighted by Crippen LogP contribution is 2.36. The second-order valence-electron chi connectivity index (χ2n) is 2.84. The van der Waals surface area contributed by atoms with Crippen molar-refractivity contribution in [2.24, 2.45) is 5.73 Å². The van der Waals surface area contributed by atoms with Gasteiger partial charge in [0.05, 0.1) is 6.61 Å². The molecule has 12 heavy (non-hydrogen) atoms. The van der Waals surface area contributed by atoms with Gasteiger partial charge in [-0.25, -0.2) is 0 Å². The van der Waals surface area contributed by atoms with Gasteiger partial charge in [0, 0.05) is 6.66 Å². The maximum Gasteiger partial charge on any atom is 0.325 e. The zero-order chi connectivity index (χ0) is 9.45. The normalized spacial score (nSPS) is 15.9. The van der Waals surface area contributed by atoms with Crippen molar-refractivity contribution in [3.63, 3.8) is 0 Å². The van der Waals surface area contributed by atoms with Crippen molar-refractivity contribution >= 4 is 7.60 Å². The molecule has 3 N–H and O–H groups in total. The lowest BCUT2D eigenvalue weighted by Gasteiger charge is -2.05. The second-order valence-corrected chi connectivity index (χ2v) is 4.70. The van der Waals surface area contributed by atoms with Crippen LogP contribution in [0.4, 0.5) is 0 Å². The van der Waals surface area contributed by atoms with Crippen molar-refractivity contribution in [2.45, 2.75) is 25.7 Å². The van der Waals surface area contributed by atoms with Crippen LogP contribution in [0.25, 0.3) is 0 Å². The first-order valence-corrected chi connectivity index (χ1v) is 6.23. The molecule has 0 aliphatic heterocycles. The fourth-order valence-electron chi connectivity index (χ4n) is 0.834. The van der Waals surface area contributed by atoms with Gasteiger partial charge in [-0.1, -0.05) is 12.8 Å². The van der Waals surface area contributed by atoms with Crippen molar-refractivity contribution in [3.05, 3.63) is 0 Å². The maximum absolute atomic E-state index is 10.6. The summed E-state index contributed by atoms with van der Waals surface area (Å²) in [5.74, 6) is 0. The molecule has 0 heterocycles. The summed E-state index contributed by atoms with van der Waals surface area (Å²) in [7, 11) is -3.25. The van der Waals surface area contributed by atoms with E-state index in [1.165, 1.54) is 6.66 Å². The van der Waals surface area contributed by atoms with Gasteiger partial charge in [-0.15, -0.1) is 0 Å². The summed E-state index contributed by atoms with van der Waals surface area (Å²) in [4.78, 5) is 8.73. The summed E-state index contributed by atoms with van der Waals surface area (Å²) < 4.78 is 15.3. The molecule has 4 nitrogen and oxygen atoms in total. The highest BCUT2D eigenvalue weighted by Gasteiger charge is 2.07. The third-order valence-corrected chi connectivity index (χ3v) is 2.09. The van der Waals surface area contributed by atoms with Gasteiger partial charge in [0.1, 0.15) is 0 Å². The van der Waals surface area contributed by atoms with Crippen LogP contribution in [-0.2, 0) is 9.09 Å². The molecule has 0 aromatic rings. The van der Waals surface area contributed by atoms with E-state index in [-0.39, 0.29) is 0 Å². The lowest BCUT2D eigenvalue weighted by atomic mass is 10.2. The molecule has 0 spiro atoms. The average Bonchev–Trinajstić information content (AvgIpc) is 1.94. The molecule has 0 aromatic carbocycles. The molecular formula is C7H18NO3P. The standard InChI is InChI=1S/C7H18NO3P/c1-12(9,10)11-7-5-3-2-4-6-8/h2-8H2,1H3,(H,9,10). The van der Waals surface area contributed by atoms with Crippen LogP contribution >= 0.6 is 7.60 Å². The first-order valence-electron chi connectivity index (χ1n) is 4.21. The molecule has 74 valence electrons. The van der Waals surface area contributed by atoms with Gasteiger partial charge in [0.25, 0.3) is 0 Å². The van der Waals surface area contributed by atoms with Gasteiger partial charge < -0.3 is 15.2 Å². The van der Waals surface area contributed by atoms with E-state index >= 15 is 0 Å². The fourth-order valence-corrected chi connectivity index (χ4v) is 1.30. The second kappa shape index (κ2) is 6.61. The van der Waals surface area contributed by atoms with E-state index in [4.69, 9.17) is 10.6 Å². The van der Waals surface area contributed by atoms with E-state index in [9.17, 15) is 4.57 Å². The third kappa shape index (κ3) is 10.1. The maximum atomic E-state index is 10.6. The minimum absolute atomic E-state index is 0.370. The van der Waals surface area contributed by atoms with E-state index in [1.54, 1.807) is 0 Å². The molecule has 0 saturated carbocycles. The Kier molecular flexibility index (Phi) is 6.67. The lowest BCUT2D eigenvalue weighted by Crippen LogP contribution is -1.98.